The highest BCUT2D eigenvalue weighted by Crippen LogP contribution is 2.49. The van der Waals surface area contributed by atoms with Crippen LogP contribution in [-0.2, 0) is 4.74 Å². The van der Waals surface area contributed by atoms with Crippen molar-refractivity contribution in [2.24, 2.45) is 17.1 Å². The van der Waals surface area contributed by atoms with Crippen LogP contribution in [-0.4, -0.2) is 18.8 Å². The highest BCUT2D eigenvalue weighted by molar-refractivity contribution is 5.08. The van der Waals surface area contributed by atoms with Gasteiger partial charge in [-0.05, 0) is 12.8 Å². The molecule has 0 aromatic carbocycles. The van der Waals surface area contributed by atoms with Gasteiger partial charge in [0.2, 0.25) is 0 Å². The van der Waals surface area contributed by atoms with Crippen LogP contribution in [0.25, 0.3) is 0 Å². The van der Waals surface area contributed by atoms with E-state index in [0.29, 0.717) is 18.1 Å². The van der Waals surface area contributed by atoms with Gasteiger partial charge in [0.1, 0.15) is 0 Å². The largest absolute Gasteiger partial charge is 0.377 e. The Morgan fingerprint density at radius 1 is 1.45 bits per heavy atom. The van der Waals surface area contributed by atoms with Crippen molar-refractivity contribution in [3.05, 3.63) is 0 Å². The fraction of sp³-hybridized carbons (Fsp3) is 1.00. The zero-order valence-electron chi connectivity index (χ0n) is 7.34. The summed E-state index contributed by atoms with van der Waals surface area (Å²) in [6, 6.07) is 0.368. The van der Waals surface area contributed by atoms with E-state index in [4.69, 9.17) is 10.5 Å². The molecule has 0 radical (unpaired) electrons. The average Bonchev–Trinajstić information content (AvgIpc) is 2.04. The molecule has 0 spiro atoms. The van der Waals surface area contributed by atoms with Crippen molar-refractivity contribution in [3.63, 3.8) is 0 Å². The molecule has 1 saturated heterocycles. The molecule has 0 aromatic rings. The molecule has 2 aliphatic rings. The molecule has 2 rings (SSSR count). The van der Waals surface area contributed by atoms with Gasteiger partial charge in [0.15, 0.2) is 0 Å². The molecule has 2 nitrogen and oxygen atoms in total. The molecular formula is C9H17NO. The molecule has 2 fully saturated rings. The Bertz CT molecular complexity index is 167. The second-order valence-electron chi connectivity index (χ2n) is 4.44. The summed E-state index contributed by atoms with van der Waals surface area (Å²) in [6.45, 7) is 5.37. The summed E-state index contributed by atoms with van der Waals surface area (Å²) in [6.07, 6.45) is 2.92. The number of ether oxygens (including phenoxy) is 1. The molecule has 64 valence electrons. The highest BCUT2D eigenvalue weighted by Gasteiger charge is 2.55. The van der Waals surface area contributed by atoms with Gasteiger partial charge in [-0.25, -0.2) is 0 Å². The average molecular weight is 155 g/mol. The van der Waals surface area contributed by atoms with Crippen molar-refractivity contribution in [2.45, 2.75) is 38.8 Å². The third-order valence-corrected chi connectivity index (χ3v) is 3.42. The zero-order valence-corrected chi connectivity index (χ0v) is 7.34. The lowest BCUT2D eigenvalue weighted by Crippen LogP contribution is -2.67. The van der Waals surface area contributed by atoms with E-state index in [-0.39, 0.29) is 5.41 Å². The fourth-order valence-corrected chi connectivity index (χ4v) is 2.56. The van der Waals surface area contributed by atoms with Crippen LogP contribution in [0.3, 0.4) is 0 Å². The van der Waals surface area contributed by atoms with Crippen LogP contribution < -0.4 is 5.73 Å². The third kappa shape index (κ3) is 0.859. The van der Waals surface area contributed by atoms with Gasteiger partial charge < -0.3 is 10.5 Å². The Morgan fingerprint density at radius 3 is 2.82 bits per heavy atom. The first kappa shape index (κ1) is 7.56. The molecule has 0 bridgehead atoms. The second kappa shape index (κ2) is 2.20. The van der Waals surface area contributed by atoms with Crippen molar-refractivity contribution >= 4 is 0 Å². The van der Waals surface area contributed by atoms with Crippen LogP contribution in [0.5, 0.6) is 0 Å². The lowest BCUT2D eigenvalue weighted by atomic mass is 9.56. The van der Waals surface area contributed by atoms with E-state index in [1.54, 1.807) is 0 Å². The monoisotopic (exact) mass is 155 g/mol. The minimum absolute atomic E-state index is 0.227. The topological polar surface area (TPSA) is 35.2 Å². The van der Waals surface area contributed by atoms with Crippen molar-refractivity contribution in [1.82, 2.24) is 0 Å². The summed E-state index contributed by atoms with van der Waals surface area (Å²) in [4.78, 5) is 0. The molecule has 1 saturated carbocycles. The summed E-state index contributed by atoms with van der Waals surface area (Å²) in [5.41, 5.74) is 6.26. The van der Waals surface area contributed by atoms with Gasteiger partial charge in [-0.1, -0.05) is 13.8 Å². The Balaban J connectivity index is 2.09. The molecule has 0 aromatic heterocycles. The smallest absolute Gasteiger partial charge is 0.0684 e. The molecule has 1 aliphatic carbocycles. The van der Waals surface area contributed by atoms with Crippen LogP contribution in [0.4, 0.5) is 0 Å². The van der Waals surface area contributed by atoms with E-state index in [9.17, 15) is 0 Å². The number of hydrogen-bond donors (Lipinski definition) is 1. The summed E-state index contributed by atoms with van der Waals surface area (Å²) < 4.78 is 5.68. The van der Waals surface area contributed by atoms with Gasteiger partial charge >= 0.3 is 0 Å². The summed E-state index contributed by atoms with van der Waals surface area (Å²) >= 11 is 0. The molecule has 11 heavy (non-hydrogen) atoms. The maximum absolute atomic E-state index is 6.03. The minimum Gasteiger partial charge on any atom is -0.377 e. The van der Waals surface area contributed by atoms with Crippen LogP contribution in [0.15, 0.2) is 0 Å². The first-order valence-corrected chi connectivity index (χ1v) is 4.51. The number of nitrogens with two attached hydrogens (primary N) is 1. The second-order valence-corrected chi connectivity index (χ2v) is 4.44. The first-order valence-electron chi connectivity index (χ1n) is 4.51. The van der Waals surface area contributed by atoms with E-state index < -0.39 is 0 Å². The predicted molar refractivity (Wildman–Crippen MR) is 44.2 cm³/mol. The quantitative estimate of drug-likeness (QED) is 0.569. The van der Waals surface area contributed by atoms with Crippen molar-refractivity contribution < 1.29 is 4.74 Å². The molecule has 2 N–H and O–H groups in total. The normalized spacial score (nSPS) is 47.7. The van der Waals surface area contributed by atoms with Gasteiger partial charge in [0, 0.05) is 24.0 Å². The Morgan fingerprint density at radius 2 is 2.18 bits per heavy atom. The molecular weight excluding hydrogens is 138 g/mol. The van der Waals surface area contributed by atoms with Crippen LogP contribution in [0.1, 0.15) is 26.7 Å². The maximum Gasteiger partial charge on any atom is 0.0684 e. The third-order valence-electron chi connectivity index (χ3n) is 3.42. The summed E-state index contributed by atoms with van der Waals surface area (Å²) in [5, 5.41) is 0. The Hall–Kier alpha value is -0.0800. The van der Waals surface area contributed by atoms with E-state index >= 15 is 0 Å². The maximum atomic E-state index is 6.03. The molecule has 2 heteroatoms. The van der Waals surface area contributed by atoms with Crippen molar-refractivity contribution in [3.8, 4) is 0 Å². The molecule has 3 atom stereocenters. The van der Waals surface area contributed by atoms with Crippen LogP contribution >= 0.6 is 0 Å². The van der Waals surface area contributed by atoms with Gasteiger partial charge in [0.25, 0.3) is 0 Å². The van der Waals surface area contributed by atoms with E-state index in [2.05, 4.69) is 13.8 Å². The number of hydrogen-bond acceptors (Lipinski definition) is 2. The Kier molecular flexibility index (Phi) is 1.52. The first-order chi connectivity index (χ1) is 5.14. The van der Waals surface area contributed by atoms with Gasteiger partial charge in [-0.3, -0.25) is 0 Å². The number of rotatable bonds is 0. The summed E-state index contributed by atoms with van der Waals surface area (Å²) in [7, 11) is 0. The lowest BCUT2D eigenvalue weighted by molar-refractivity contribution is -0.183. The van der Waals surface area contributed by atoms with Crippen molar-refractivity contribution in [1.29, 1.82) is 0 Å². The highest BCUT2D eigenvalue weighted by atomic mass is 16.5. The summed E-state index contributed by atoms with van der Waals surface area (Å²) in [5.74, 6) is 0.652. The van der Waals surface area contributed by atoms with E-state index in [1.807, 2.05) is 0 Å². The molecule has 0 amide bonds. The van der Waals surface area contributed by atoms with E-state index in [1.165, 1.54) is 12.8 Å². The number of fused-ring (bicyclic) bond motifs is 1. The van der Waals surface area contributed by atoms with Gasteiger partial charge in [-0.15, -0.1) is 0 Å². The molecule has 0 unspecified atom stereocenters. The lowest BCUT2D eigenvalue weighted by Gasteiger charge is -2.58. The SMILES string of the molecule is CC1(C)[C@@H]2OCCC[C@@H]2[C@@H]1N. The van der Waals surface area contributed by atoms with Crippen LogP contribution in [0.2, 0.25) is 0 Å². The van der Waals surface area contributed by atoms with E-state index in [0.717, 1.165) is 6.61 Å². The van der Waals surface area contributed by atoms with Gasteiger partial charge in [0.05, 0.1) is 6.10 Å². The molecule has 1 aliphatic heterocycles. The fourth-order valence-electron chi connectivity index (χ4n) is 2.56. The van der Waals surface area contributed by atoms with Gasteiger partial charge in [-0.2, -0.15) is 0 Å². The van der Waals surface area contributed by atoms with Crippen LogP contribution in [0, 0.1) is 11.3 Å². The Labute approximate surface area is 68.1 Å². The predicted octanol–water partition coefficient (Wildman–Crippen LogP) is 1.15. The zero-order chi connectivity index (χ0) is 8.06. The molecule has 1 heterocycles. The minimum atomic E-state index is 0.227. The van der Waals surface area contributed by atoms with Crippen molar-refractivity contribution in [2.75, 3.05) is 6.61 Å². The standard InChI is InChI=1S/C9H17NO/c1-9(2)7(10)6-4-3-5-11-8(6)9/h6-8H,3-5,10H2,1-2H3/t6-,7+,8-/m1/s1.